The lowest BCUT2D eigenvalue weighted by molar-refractivity contribution is -0.145. The van der Waals surface area contributed by atoms with Gasteiger partial charge in [0.2, 0.25) is 5.89 Å². The van der Waals surface area contributed by atoms with Crippen LogP contribution in [0.2, 0.25) is 0 Å². The minimum atomic E-state index is -0.836. The standard InChI is InChI=1S/C21H21N3O4/c1-2-27-21(26)17(12-14-8-4-3-5-9-14)23-19(25)18-13-28-20(24-18)15-10-6-7-11-16(15)22/h3-11,13,17H,2,12,22H2,1H3,(H,23,25). The summed E-state index contributed by atoms with van der Waals surface area (Å²) in [4.78, 5) is 29.1. The number of nitrogens with one attached hydrogen (secondary N) is 1. The van der Waals surface area contributed by atoms with E-state index >= 15 is 0 Å². The molecule has 1 atom stereocenters. The van der Waals surface area contributed by atoms with Crippen molar-refractivity contribution < 1.29 is 18.7 Å². The summed E-state index contributed by atoms with van der Waals surface area (Å²) in [5.74, 6) is -0.798. The Kier molecular flexibility index (Phi) is 6.06. The fourth-order valence-corrected chi connectivity index (χ4v) is 2.71. The van der Waals surface area contributed by atoms with Gasteiger partial charge in [-0.2, -0.15) is 0 Å². The monoisotopic (exact) mass is 379 g/mol. The van der Waals surface area contributed by atoms with Crippen LogP contribution in [0.4, 0.5) is 5.69 Å². The number of hydrogen-bond acceptors (Lipinski definition) is 6. The zero-order valence-electron chi connectivity index (χ0n) is 15.4. The van der Waals surface area contributed by atoms with Gasteiger partial charge in [-0.25, -0.2) is 9.78 Å². The average Bonchev–Trinajstić information content (AvgIpc) is 3.19. The number of esters is 1. The van der Waals surface area contributed by atoms with Crippen LogP contribution in [0.5, 0.6) is 0 Å². The van der Waals surface area contributed by atoms with Gasteiger partial charge in [-0.1, -0.05) is 42.5 Å². The maximum absolute atomic E-state index is 12.6. The fourth-order valence-electron chi connectivity index (χ4n) is 2.71. The van der Waals surface area contributed by atoms with Crippen molar-refractivity contribution in [2.75, 3.05) is 12.3 Å². The Balaban J connectivity index is 1.76. The lowest BCUT2D eigenvalue weighted by Gasteiger charge is -2.16. The molecule has 0 saturated carbocycles. The van der Waals surface area contributed by atoms with Crippen LogP contribution < -0.4 is 11.1 Å². The van der Waals surface area contributed by atoms with Crippen molar-refractivity contribution in [3.05, 3.63) is 72.1 Å². The van der Waals surface area contributed by atoms with Crippen LogP contribution in [-0.2, 0) is 16.0 Å². The van der Waals surface area contributed by atoms with Gasteiger partial charge in [0, 0.05) is 12.1 Å². The zero-order chi connectivity index (χ0) is 19.9. The number of amides is 1. The zero-order valence-corrected chi connectivity index (χ0v) is 15.4. The Morgan fingerprint density at radius 3 is 2.57 bits per heavy atom. The summed E-state index contributed by atoms with van der Waals surface area (Å²) in [6, 6.07) is 15.6. The molecule has 144 valence electrons. The Morgan fingerprint density at radius 1 is 1.14 bits per heavy atom. The lowest BCUT2D eigenvalue weighted by atomic mass is 10.1. The van der Waals surface area contributed by atoms with Crippen molar-refractivity contribution in [1.29, 1.82) is 0 Å². The summed E-state index contributed by atoms with van der Waals surface area (Å²) in [6.07, 6.45) is 1.55. The predicted octanol–water partition coefficient (Wildman–Crippen LogP) is 2.83. The van der Waals surface area contributed by atoms with Crippen LogP contribution in [0.1, 0.15) is 23.0 Å². The first-order chi connectivity index (χ1) is 13.6. The van der Waals surface area contributed by atoms with Crippen molar-refractivity contribution >= 4 is 17.6 Å². The Bertz CT molecular complexity index is 953. The number of nitrogens with two attached hydrogens (primary N) is 1. The number of hydrogen-bond donors (Lipinski definition) is 2. The number of para-hydroxylation sites is 1. The summed E-state index contributed by atoms with van der Waals surface area (Å²) in [5.41, 5.74) is 7.95. The predicted molar refractivity (Wildman–Crippen MR) is 104 cm³/mol. The topological polar surface area (TPSA) is 107 Å². The Hall–Kier alpha value is -3.61. The molecule has 3 aromatic rings. The molecule has 7 nitrogen and oxygen atoms in total. The van der Waals surface area contributed by atoms with Gasteiger partial charge < -0.3 is 20.2 Å². The number of oxazole rings is 1. The van der Waals surface area contributed by atoms with E-state index < -0.39 is 17.9 Å². The second-order valence-corrected chi connectivity index (χ2v) is 6.09. The van der Waals surface area contributed by atoms with Gasteiger partial charge in [-0.15, -0.1) is 0 Å². The van der Waals surface area contributed by atoms with E-state index in [1.807, 2.05) is 30.3 Å². The van der Waals surface area contributed by atoms with E-state index in [9.17, 15) is 9.59 Å². The SMILES string of the molecule is CCOC(=O)C(Cc1ccccc1)NC(=O)c1coc(-c2ccccc2N)n1. The number of carbonyl (C=O) groups is 2. The van der Waals surface area contributed by atoms with Crippen LogP contribution in [0, 0.1) is 0 Å². The molecule has 0 aliphatic rings. The van der Waals surface area contributed by atoms with E-state index in [1.165, 1.54) is 6.26 Å². The molecule has 7 heteroatoms. The Labute approximate surface area is 162 Å². The number of nitrogens with zero attached hydrogens (tertiary/aromatic N) is 1. The summed E-state index contributed by atoms with van der Waals surface area (Å²) in [7, 11) is 0. The second kappa shape index (κ2) is 8.85. The van der Waals surface area contributed by atoms with E-state index in [1.54, 1.807) is 31.2 Å². The molecule has 0 aliphatic carbocycles. The normalized spacial score (nSPS) is 11.6. The quantitative estimate of drug-likeness (QED) is 0.483. The first kappa shape index (κ1) is 19.2. The summed E-state index contributed by atoms with van der Waals surface area (Å²) in [5, 5.41) is 2.68. The van der Waals surface area contributed by atoms with Crippen molar-refractivity contribution in [3.8, 4) is 11.5 Å². The van der Waals surface area contributed by atoms with Crippen LogP contribution in [0.25, 0.3) is 11.5 Å². The molecule has 0 bridgehead atoms. The maximum Gasteiger partial charge on any atom is 0.328 e. The largest absolute Gasteiger partial charge is 0.464 e. The highest BCUT2D eigenvalue weighted by Gasteiger charge is 2.25. The van der Waals surface area contributed by atoms with Gasteiger partial charge in [0.25, 0.3) is 5.91 Å². The highest BCUT2D eigenvalue weighted by Crippen LogP contribution is 2.24. The van der Waals surface area contributed by atoms with Crippen molar-refractivity contribution in [3.63, 3.8) is 0 Å². The third-order valence-electron chi connectivity index (χ3n) is 4.09. The first-order valence-electron chi connectivity index (χ1n) is 8.90. The van der Waals surface area contributed by atoms with E-state index in [2.05, 4.69) is 10.3 Å². The number of anilines is 1. The Morgan fingerprint density at radius 2 is 1.86 bits per heavy atom. The molecule has 1 unspecified atom stereocenters. The number of ether oxygens (including phenoxy) is 1. The van der Waals surface area contributed by atoms with E-state index in [-0.39, 0.29) is 18.2 Å². The molecule has 3 rings (SSSR count). The number of rotatable bonds is 7. The third kappa shape index (κ3) is 4.56. The molecule has 1 amide bonds. The highest BCUT2D eigenvalue weighted by molar-refractivity contribution is 5.95. The summed E-state index contributed by atoms with van der Waals surface area (Å²) < 4.78 is 10.5. The van der Waals surface area contributed by atoms with Crippen molar-refractivity contribution in [2.45, 2.75) is 19.4 Å². The first-order valence-corrected chi connectivity index (χ1v) is 8.90. The molecule has 1 heterocycles. The van der Waals surface area contributed by atoms with Crippen LogP contribution in [0.3, 0.4) is 0 Å². The molecule has 0 radical (unpaired) electrons. The lowest BCUT2D eigenvalue weighted by Crippen LogP contribution is -2.43. The van der Waals surface area contributed by atoms with Crippen molar-refractivity contribution in [2.24, 2.45) is 0 Å². The molecule has 0 spiro atoms. The van der Waals surface area contributed by atoms with E-state index in [0.717, 1.165) is 5.56 Å². The van der Waals surface area contributed by atoms with Gasteiger partial charge in [0.05, 0.1) is 12.2 Å². The highest BCUT2D eigenvalue weighted by atomic mass is 16.5. The third-order valence-corrected chi connectivity index (χ3v) is 4.09. The van der Waals surface area contributed by atoms with Gasteiger partial charge in [-0.05, 0) is 24.6 Å². The molecule has 0 saturated heterocycles. The number of nitrogen functional groups attached to an aromatic ring is 1. The molecular formula is C21H21N3O4. The minimum absolute atomic E-state index is 0.0561. The smallest absolute Gasteiger partial charge is 0.328 e. The number of benzene rings is 2. The second-order valence-electron chi connectivity index (χ2n) is 6.09. The molecule has 0 fully saturated rings. The molecule has 2 aromatic carbocycles. The van der Waals surface area contributed by atoms with Crippen LogP contribution in [-0.4, -0.2) is 29.5 Å². The minimum Gasteiger partial charge on any atom is -0.464 e. The summed E-state index contributed by atoms with van der Waals surface area (Å²) >= 11 is 0. The van der Waals surface area contributed by atoms with E-state index in [4.69, 9.17) is 14.9 Å². The molecular weight excluding hydrogens is 358 g/mol. The molecule has 28 heavy (non-hydrogen) atoms. The van der Waals surface area contributed by atoms with Crippen LogP contribution in [0.15, 0.2) is 65.3 Å². The average molecular weight is 379 g/mol. The summed E-state index contributed by atoms with van der Waals surface area (Å²) in [6.45, 7) is 1.94. The van der Waals surface area contributed by atoms with Gasteiger partial charge in [0.15, 0.2) is 5.69 Å². The number of carbonyl (C=O) groups excluding carboxylic acids is 2. The van der Waals surface area contributed by atoms with Gasteiger partial charge in [0.1, 0.15) is 12.3 Å². The van der Waals surface area contributed by atoms with Crippen molar-refractivity contribution in [1.82, 2.24) is 10.3 Å². The maximum atomic E-state index is 12.6. The van der Waals surface area contributed by atoms with E-state index in [0.29, 0.717) is 17.7 Å². The van der Waals surface area contributed by atoms with Crippen LogP contribution >= 0.6 is 0 Å². The molecule has 0 aliphatic heterocycles. The molecule has 3 N–H and O–H groups in total. The van der Waals surface area contributed by atoms with Gasteiger partial charge in [-0.3, -0.25) is 4.79 Å². The molecule has 1 aromatic heterocycles. The fraction of sp³-hybridized carbons (Fsp3) is 0.190. The number of aromatic nitrogens is 1. The van der Waals surface area contributed by atoms with Gasteiger partial charge >= 0.3 is 5.97 Å².